The predicted octanol–water partition coefficient (Wildman–Crippen LogP) is 1.82. The first kappa shape index (κ1) is 16.4. The Hall–Kier alpha value is -0.610. The van der Waals surface area contributed by atoms with Crippen molar-refractivity contribution in [2.24, 2.45) is 23.7 Å². The fourth-order valence-corrected chi connectivity index (χ4v) is 2.74. The van der Waals surface area contributed by atoms with E-state index in [1.54, 1.807) is 0 Å². The molecule has 1 amide bonds. The Bertz CT molecular complexity index is 273. The molecule has 112 valence electrons. The summed E-state index contributed by atoms with van der Waals surface area (Å²) in [5.41, 5.74) is 0. The molecule has 1 rings (SSSR count). The molecule has 0 radical (unpaired) electrons. The summed E-state index contributed by atoms with van der Waals surface area (Å²) < 4.78 is 5.37. The largest absolute Gasteiger partial charge is 0.396 e. The van der Waals surface area contributed by atoms with Crippen molar-refractivity contribution in [3.05, 3.63) is 0 Å². The second-order valence-electron chi connectivity index (χ2n) is 6.28. The molecule has 0 aromatic carbocycles. The molecule has 1 saturated heterocycles. The van der Waals surface area contributed by atoms with Gasteiger partial charge in [0, 0.05) is 25.2 Å². The van der Waals surface area contributed by atoms with E-state index in [2.05, 4.69) is 33.0 Å². The predicted molar refractivity (Wildman–Crippen MR) is 75.7 cm³/mol. The van der Waals surface area contributed by atoms with Crippen molar-refractivity contribution >= 4 is 5.91 Å². The van der Waals surface area contributed by atoms with Crippen LogP contribution in [-0.2, 0) is 9.53 Å². The summed E-state index contributed by atoms with van der Waals surface area (Å²) in [6.07, 6.45) is 1.86. The summed E-state index contributed by atoms with van der Waals surface area (Å²) in [4.78, 5) is 12.3. The van der Waals surface area contributed by atoms with Gasteiger partial charge >= 0.3 is 0 Å². The SMILES string of the molecule is CC(C)[C@@H](NC(=O)[C@H]1CCCOC1)[C@@H](CO)C(C)C. The molecule has 1 fully saturated rings. The van der Waals surface area contributed by atoms with Crippen molar-refractivity contribution in [3.63, 3.8) is 0 Å². The lowest BCUT2D eigenvalue weighted by Crippen LogP contribution is -2.49. The van der Waals surface area contributed by atoms with Crippen molar-refractivity contribution in [1.29, 1.82) is 0 Å². The van der Waals surface area contributed by atoms with Gasteiger partial charge in [-0.1, -0.05) is 27.7 Å². The maximum absolute atomic E-state index is 12.3. The Labute approximate surface area is 116 Å². The van der Waals surface area contributed by atoms with E-state index in [0.717, 1.165) is 19.4 Å². The Morgan fingerprint density at radius 1 is 1.32 bits per heavy atom. The smallest absolute Gasteiger partial charge is 0.225 e. The van der Waals surface area contributed by atoms with Gasteiger partial charge in [0.2, 0.25) is 5.91 Å². The Morgan fingerprint density at radius 3 is 2.42 bits per heavy atom. The van der Waals surface area contributed by atoms with Gasteiger partial charge in [-0.25, -0.2) is 0 Å². The number of hydrogen-bond acceptors (Lipinski definition) is 3. The third kappa shape index (κ3) is 4.77. The maximum atomic E-state index is 12.3. The van der Waals surface area contributed by atoms with Gasteiger partial charge in [0.25, 0.3) is 0 Å². The number of amides is 1. The molecule has 0 spiro atoms. The molecule has 1 aliphatic heterocycles. The summed E-state index contributed by atoms with van der Waals surface area (Å²) in [5, 5.41) is 12.7. The highest BCUT2D eigenvalue weighted by atomic mass is 16.5. The van der Waals surface area contributed by atoms with Crippen LogP contribution < -0.4 is 5.32 Å². The topological polar surface area (TPSA) is 58.6 Å². The highest BCUT2D eigenvalue weighted by Crippen LogP contribution is 2.22. The molecule has 0 saturated carbocycles. The first-order chi connectivity index (χ1) is 8.97. The number of carbonyl (C=O) groups is 1. The second-order valence-corrected chi connectivity index (χ2v) is 6.28. The number of aliphatic hydroxyl groups is 1. The molecule has 3 atom stereocenters. The molecule has 4 nitrogen and oxygen atoms in total. The third-order valence-corrected chi connectivity index (χ3v) is 4.09. The number of aliphatic hydroxyl groups excluding tert-OH is 1. The first-order valence-electron chi connectivity index (χ1n) is 7.46. The van der Waals surface area contributed by atoms with Crippen molar-refractivity contribution < 1.29 is 14.6 Å². The van der Waals surface area contributed by atoms with Crippen LogP contribution >= 0.6 is 0 Å². The van der Waals surface area contributed by atoms with E-state index in [9.17, 15) is 9.90 Å². The third-order valence-electron chi connectivity index (χ3n) is 4.09. The van der Waals surface area contributed by atoms with Crippen molar-refractivity contribution in [3.8, 4) is 0 Å². The first-order valence-corrected chi connectivity index (χ1v) is 7.46. The zero-order valence-electron chi connectivity index (χ0n) is 12.7. The molecule has 0 bridgehead atoms. The number of ether oxygens (including phenoxy) is 1. The zero-order valence-corrected chi connectivity index (χ0v) is 12.7. The zero-order chi connectivity index (χ0) is 14.4. The Morgan fingerprint density at radius 2 is 2.00 bits per heavy atom. The van der Waals surface area contributed by atoms with E-state index in [0.29, 0.717) is 18.4 Å². The van der Waals surface area contributed by atoms with Gasteiger partial charge in [-0.2, -0.15) is 0 Å². The molecule has 1 aliphatic rings. The summed E-state index contributed by atoms with van der Waals surface area (Å²) in [7, 11) is 0. The van der Waals surface area contributed by atoms with Crippen molar-refractivity contribution in [2.45, 2.75) is 46.6 Å². The van der Waals surface area contributed by atoms with Crippen LogP contribution in [0.5, 0.6) is 0 Å². The van der Waals surface area contributed by atoms with E-state index in [1.807, 2.05) is 0 Å². The minimum Gasteiger partial charge on any atom is -0.396 e. The van der Waals surface area contributed by atoms with Crippen LogP contribution in [0.2, 0.25) is 0 Å². The van der Waals surface area contributed by atoms with Crippen molar-refractivity contribution in [2.75, 3.05) is 19.8 Å². The fraction of sp³-hybridized carbons (Fsp3) is 0.933. The number of carbonyl (C=O) groups excluding carboxylic acids is 1. The highest BCUT2D eigenvalue weighted by molar-refractivity contribution is 5.79. The van der Waals surface area contributed by atoms with Crippen LogP contribution in [0.3, 0.4) is 0 Å². The maximum Gasteiger partial charge on any atom is 0.225 e. The van der Waals surface area contributed by atoms with Gasteiger partial charge in [-0.15, -0.1) is 0 Å². The summed E-state index contributed by atoms with van der Waals surface area (Å²) in [6, 6.07) is 0.0272. The standard InChI is InChI=1S/C15H29NO3/c1-10(2)13(8-17)14(11(3)4)16-15(18)12-6-5-7-19-9-12/h10-14,17H,5-9H2,1-4H3,(H,16,18)/t12-,13-,14+/m0/s1. The molecular formula is C15H29NO3. The van der Waals surface area contributed by atoms with Crippen LogP contribution in [-0.4, -0.2) is 36.9 Å². The lowest BCUT2D eigenvalue weighted by atomic mass is 9.82. The summed E-state index contributed by atoms with van der Waals surface area (Å²) in [5.74, 6) is 0.820. The number of nitrogens with one attached hydrogen (secondary N) is 1. The van der Waals surface area contributed by atoms with Gasteiger partial charge < -0.3 is 15.2 Å². The van der Waals surface area contributed by atoms with E-state index in [4.69, 9.17) is 4.74 Å². The average Bonchev–Trinajstić information content (AvgIpc) is 2.38. The Kier molecular flexibility index (Phi) is 6.80. The van der Waals surface area contributed by atoms with Crippen LogP contribution in [0.1, 0.15) is 40.5 Å². The van der Waals surface area contributed by atoms with Crippen LogP contribution in [0.25, 0.3) is 0 Å². The van der Waals surface area contributed by atoms with E-state index >= 15 is 0 Å². The second kappa shape index (κ2) is 7.85. The molecular weight excluding hydrogens is 242 g/mol. The molecule has 0 aromatic rings. The molecule has 0 aromatic heterocycles. The molecule has 4 heteroatoms. The molecule has 0 unspecified atom stereocenters. The van der Waals surface area contributed by atoms with E-state index in [1.165, 1.54) is 0 Å². The van der Waals surface area contributed by atoms with Crippen LogP contribution in [0.15, 0.2) is 0 Å². The monoisotopic (exact) mass is 271 g/mol. The lowest BCUT2D eigenvalue weighted by molar-refractivity contribution is -0.130. The number of rotatable bonds is 6. The summed E-state index contributed by atoms with van der Waals surface area (Å²) in [6.45, 7) is 9.77. The van der Waals surface area contributed by atoms with Crippen molar-refractivity contribution in [1.82, 2.24) is 5.32 Å². The molecule has 19 heavy (non-hydrogen) atoms. The van der Waals surface area contributed by atoms with Gasteiger partial charge in [0.1, 0.15) is 0 Å². The minimum atomic E-state index is -0.0264. The normalized spacial score (nSPS) is 23.4. The average molecular weight is 271 g/mol. The molecule has 0 aliphatic carbocycles. The fourth-order valence-electron chi connectivity index (χ4n) is 2.74. The van der Waals surface area contributed by atoms with Gasteiger partial charge in [0.15, 0.2) is 0 Å². The van der Waals surface area contributed by atoms with Gasteiger partial charge in [-0.3, -0.25) is 4.79 Å². The lowest BCUT2D eigenvalue weighted by Gasteiger charge is -2.34. The quantitative estimate of drug-likeness (QED) is 0.774. The molecule has 2 N–H and O–H groups in total. The van der Waals surface area contributed by atoms with Crippen LogP contribution in [0, 0.1) is 23.7 Å². The van der Waals surface area contributed by atoms with Gasteiger partial charge in [-0.05, 0) is 24.7 Å². The van der Waals surface area contributed by atoms with E-state index in [-0.39, 0.29) is 30.4 Å². The Balaban J connectivity index is 2.64. The highest BCUT2D eigenvalue weighted by Gasteiger charge is 2.31. The molecule has 1 heterocycles. The summed E-state index contributed by atoms with van der Waals surface area (Å²) >= 11 is 0. The van der Waals surface area contributed by atoms with E-state index < -0.39 is 0 Å². The van der Waals surface area contributed by atoms with Crippen LogP contribution in [0.4, 0.5) is 0 Å². The minimum absolute atomic E-state index is 0.0264. The van der Waals surface area contributed by atoms with Gasteiger partial charge in [0.05, 0.1) is 12.5 Å². The number of hydrogen-bond donors (Lipinski definition) is 2.